The molecule has 0 radical (unpaired) electrons. The molecule has 0 bridgehead atoms. The molecule has 2 aliphatic rings. The highest BCUT2D eigenvalue weighted by Gasteiger charge is 2.47. The van der Waals surface area contributed by atoms with Crippen LogP contribution in [0, 0.1) is 5.92 Å². The third kappa shape index (κ3) is 12.9. The number of carbonyl (C=O) groups is 7. The third-order valence-corrected chi connectivity index (χ3v) is 13.4. The summed E-state index contributed by atoms with van der Waals surface area (Å²) in [5, 5.41) is 14.0. The van der Waals surface area contributed by atoms with Gasteiger partial charge in [-0.25, -0.2) is 0 Å². The minimum atomic E-state index is -2.18. The van der Waals surface area contributed by atoms with Crippen molar-refractivity contribution in [3.63, 3.8) is 0 Å². The standard InChI is InChI=1S/C40H57N7O7SSi/c1-25(2)20-30(37(51)43-28(35(41)49)18-19-55-3)45-39(53)33-23-56(4,5)24-47(33)40(54)32(22-27-14-10-7-11-15-27)46-38(52)31(21-26-12-8-6-9-13-26)44-36(50)29-16-17-34(48)42-29/h6-15,25,28-33H,16-24H2,1-5H3,(H2,41,49)(H,42,48)(H,43,51)(H,44,50)(H,45,53)(H,46,52)/t28-,29-,30-,31-,32-,33-/m0/s1. The Labute approximate surface area is 334 Å². The van der Waals surface area contributed by atoms with E-state index in [9.17, 15) is 33.6 Å². The quantitative estimate of drug-likeness (QED) is 0.114. The summed E-state index contributed by atoms with van der Waals surface area (Å²) in [6, 6.07) is 13.1. The normalized spacial score (nSPS) is 19.6. The van der Waals surface area contributed by atoms with Gasteiger partial charge in [0.2, 0.25) is 41.4 Å². The SMILES string of the molecule is CSCC[C@H](NC(=O)[C@H](CC(C)C)NC(=O)[C@@H]1C[Si](C)(C)CN1C(=O)[C@H](Cc1ccccc1)NC(=O)[C@H](Cc1ccccc1)NC(=O)[C@@H]1CCC(=O)N1)C(N)=O. The van der Waals surface area contributed by atoms with Crippen LogP contribution in [0.5, 0.6) is 0 Å². The molecule has 2 aromatic carbocycles. The number of carbonyl (C=O) groups excluding carboxylic acids is 7. The molecule has 6 atom stereocenters. The van der Waals surface area contributed by atoms with Crippen LogP contribution in [-0.4, -0.2) is 109 Å². The van der Waals surface area contributed by atoms with E-state index in [0.29, 0.717) is 37.2 Å². The van der Waals surface area contributed by atoms with Crippen LogP contribution in [0.2, 0.25) is 19.1 Å². The lowest BCUT2D eigenvalue weighted by Crippen LogP contribution is -2.60. The molecular weight excluding hydrogens is 751 g/mol. The molecule has 0 aromatic heterocycles. The molecule has 2 heterocycles. The summed E-state index contributed by atoms with van der Waals surface area (Å²) in [4.78, 5) is 95.5. The maximum atomic E-state index is 14.7. The summed E-state index contributed by atoms with van der Waals surface area (Å²) in [7, 11) is -2.18. The lowest BCUT2D eigenvalue weighted by atomic mass is 10.0. The van der Waals surface area contributed by atoms with Gasteiger partial charge in [-0.3, -0.25) is 33.6 Å². The van der Waals surface area contributed by atoms with Gasteiger partial charge in [0, 0.05) is 25.4 Å². The topological polar surface area (TPSA) is 209 Å². The lowest BCUT2D eigenvalue weighted by molar-refractivity contribution is -0.142. The second kappa shape index (κ2) is 20.5. The van der Waals surface area contributed by atoms with E-state index in [0.717, 1.165) is 11.1 Å². The second-order valence-corrected chi connectivity index (χ2v) is 22.0. The molecule has 7 amide bonds. The van der Waals surface area contributed by atoms with Gasteiger partial charge in [0.15, 0.2) is 0 Å². The molecule has 2 aliphatic heterocycles. The first-order valence-electron chi connectivity index (χ1n) is 19.2. The largest absolute Gasteiger partial charge is 0.368 e. The molecule has 4 rings (SSSR count). The van der Waals surface area contributed by atoms with E-state index < -0.39 is 79.8 Å². The minimum Gasteiger partial charge on any atom is -0.368 e. The number of primary amides is 1. The highest BCUT2D eigenvalue weighted by molar-refractivity contribution is 7.98. The predicted molar refractivity (Wildman–Crippen MR) is 219 cm³/mol. The number of benzene rings is 2. The van der Waals surface area contributed by atoms with E-state index >= 15 is 0 Å². The Balaban J connectivity index is 1.60. The van der Waals surface area contributed by atoms with E-state index in [-0.39, 0.29) is 31.1 Å². The molecule has 2 saturated heterocycles. The number of rotatable bonds is 19. The van der Waals surface area contributed by atoms with Gasteiger partial charge >= 0.3 is 0 Å². The molecule has 14 nitrogen and oxygen atoms in total. The van der Waals surface area contributed by atoms with Crippen LogP contribution in [0.1, 0.15) is 50.7 Å². The number of amides is 7. The molecule has 0 aliphatic carbocycles. The van der Waals surface area contributed by atoms with Gasteiger partial charge in [-0.1, -0.05) is 87.6 Å². The monoisotopic (exact) mass is 807 g/mol. The molecule has 0 unspecified atom stereocenters. The van der Waals surface area contributed by atoms with E-state index in [1.807, 2.05) is 80.8 Å². The van der Waals surface area contributed by atoms with Crippen molar-refractivity contribution in [2.75, 3.05) is 18.2 Å². The number of hydrogen-bond acceptors (Lipinski definition) is 8. The van der Waals surface area contributed by atoms with Crippen molar-refractivity contribution >= 4 is 61.2 Å². The summed E-state index contributed by atoms with van der Waals surface area (Å²) in [6.07, 6.45) is 3.63. The number of thioether (sulfide) groups is 1. The maximum absolute atomic E-state index is 14.7. The van der Waals surface area contributed by atoms with Crippen LogP contribution in [0.3, 0.4) is 0 Å². The molecule has 56 heavy (non-hydrogen) atoms. The summed E-state index contributed by atoms with van der Waals surface area (Å²) < 4.78 is 0. The fourth-order valence-corrected chi connectivity index (χ4v) is 10.5. The van der Waals surface area contributed by atoms with E-state index in [1.165, 1.54) is 16.7 Å². The highest BCUT2D eigenvalue weighted by atomic mass is 32.2. The second-order valence-electron chi connectivity index (χ2n) is 15.9. The fraction of sp³-hybridized carbons (Fsp3) is 0.525. The first-order valence-corrected chi connectivity index (χ1v) is 24.0. The highest BCUT2D eigenvalue weighted by Crippen LogP contribution is 2.28. The Hall–Kier alpha value is -4.70. The zero-order valence-electron chi connectivity index (χ0n) is 33.0. The molecule has 0 saturated carbocycles. The van der Waals surface area contributed by atoms with Crippen LogP contribution in [0.25, 0.3) is 0 Å². The first-order chi connectivity index (χ1) is 26.6. The first kappa shape index (κ1) is 44.0. The number of nitrogens with one attached hydrogen (secondary N) is 5. The summed E-state index contributed by atoms with van der Waals surface area (Å²) in [6.45, 7) is 8.00. The van der Waals surface area contributed by atoms with Crippen molar-refractivity contribution in [3.8, 4) is 0 Å². The van der Waals surface area contributed by atoms with Crippen molar-refractivity contribution in [3.05, 3.63) is 71.8 Å². The Bertz CT molecular complexity index is 1710. The van der Waals surface area contributed by atoms with Crippen molar-refractivity contribution in [2.24, 2.45) is 11.7 Å². The Morgan fingerprint density at radius 1 is 0.821 bits per heavy atom. The van der Waals surface area contributed by atoms with E-state index in [2.05, 4.69) is 39.7 Å². The van der Waals surface area contributed by atoms with Crippen LogP contribution < -0.4 is 32.3 Å². The fourth-order valence-electron chi connectivity index (χ4n) is 7.16. The van der Waals surface area contributed by atoms with Crippen LogP contribution in [0.15, 0.2) is 60.7 Å². The molecule has 7 N–H and O–H groups in total. The molecule has 16 heteroatoms. The Morgan fingerprint density at radius 2 is 1.38 bits per heavy atom. The van der Waals surface area contributed by atoms with Crippen molar-refractivity contribution in [1.82, 2.24) is 31.5 Å². The van der Waals surface area contributed by atoms with Gasteiger partial charge in [-0.2, -0.15) is 11.8 Å². The number of nitrogens with zero attached hydrogens (tertiary/aromatic N) is 1. The molecule has 2 aromatic rings. The van der Waals surface area contributed by atoms with E-state index in [4.69, 9.17) is 5.73 Å². The van der Waals surface area contributed by atoms with Gasteiger partial charge in [0.05, 0.1) is 8.07 Å². The van der Waals surface area contributed by atoms with Crippen molar-refractivity contribution in [1.29, 1.82) is 0 Å². The average Bonchev–Trinajstić information content (AvgIpc) is 3.74. The van der Waals surface area contributed by atoms with Gasteiger partial charge in [0.1, 0.15) is 36.3 Å². The Kier molecular flexibility index (Phi) is 16.1. The zero-order chi connectivity index (χ0) is 41.0. The molecule has 304 valence electrons. The maximum Gasteiger partial charge on any atom is 0.245 e. The molecular formula is C40H57N7O7SSi. The summed E-state index contributed by atoms with van der Waals surface area (Å²) in [5.41, 5.74) is 7.15. The predicted octanol–water partition coefficient (Wildman–Crippen LogP) is 1.43. The summed E-state index contributed by atoms with van der Waals surface area (Å²) in [5.74, 6) is -2.84. The molecule has 0 spiro atoms. The third-order valence-electron chi connectivity index (χ3n) is 10.0. The van der Waals surface area contributed by atoms with Crippen molar-refractivity contribution in [2.45, 2.75) is 108 Å². The van der Waals surface area contributed by atoms with Gasteiger partial charge in [-0.15, -0.1) is 0 Å². The molecule has 2 fully saturated rings. The zero-order valence-corrected chi connectivity index (χ0v) is 34.8. The number of hydrogen-bond donors (Lipinski definition) is 6. The van der Waals surface area contributed by atoms with Crippen LogP contribution in [-0.2, 0) is 46.4 Å². The summed E-state index contributed by atoms with van der Waals surface area (Å²) >= 11 is 1.52. The van der Waals surface area contributed by atoms with Gasteiger partial charge in [0.25, 0.3) is 0 Å². The minimum absolute atomic E-state index is 0.0103. The van der Waals surface area contributed by atoms with Crippen molar-refractivity contribution < 1.29 is 33.6 Å². The van der Waals surface area contributed by atoms with Gasteiger partial charge < -0.3 is 37.2 Å². The van der Waals surface area contributed by atoms with Crippen LogP contribution >= 0.6 is 11.8 Å². The average molecular weight is 808 g/mol. The Morgan fingerprint density at radius 3 is 1.91 bits per heavy atom. The van der Waals surface area contributed by atoms with Crippen LogP contribution in [0.4, 0.5) is 0 Å². The van der Waals surface area contributed by atoms with Gasteiger partial charge in [-0.05, 0) is 54.4 Å². The number of nitrogens with two attached hydrogens (primary N) is 1. The van der Waals surface area contributed by atoms with E-state index in [1.54, 1.807) is 0 Å². The smallest absolute Gasteiger partial charge is 0.245 e. The lowest BCUT2D eigenvalue weighted by Gasteiger charge is -2.31.